The van der Waals surface area contributed by atoms with Crippen LogP contribution in [-0.4, -0.2) is 88.9 Å². The Bertz CT molecular complexity index is 887. The highest BCUT2D eigenvalue weighted by atomic mass is 16.6. The molecule has 1 saturated heterocycles. The van der Waals surface area contributed by atoms with Gasteiger partial charge in [0.15, 0.2) is 5.78 Å². The highest BCUT2D eigenvalue weighted by Gasteiger charge is 2.50. The molecule has 0 saturated carbocycles. The van der Waals surface area contributed by atoms with Gasteiger partial charge in [0.05, 0.1) is 18.8 Å². The zero-order valence-electron chi connectivity index (χ0n) is 25.3. The van der Waals surface area contributed by atoms with Crippen molar-refractivity contribution in [2.24, 2.45) is 17.8 Å². The van der Waals surface area contributed by atoms with E-state index in [2.05, 4.69) is 16.0 Å². The summed E-state index contributed by atoms with van der Waals surface area (Å²) < 4.78 is 5.27. The molecule has 0 aromatic heterocycles. The molecule has 1 rings (SSSR count). The number of epoxide rings is 1. The monoisotopic (exact) mass is 554 g/mol. The summed E-state index contributed by atoms with van der Waals surface area (Å²) in [6, 6.07) is -4.00. The lowest BCUT2D eigenvalue weighted by Gasteiger charge is -2.34. The fourth-order valence-corrected chi connectivity index (χ4v) is 4.41. The highest BCUT2D eigenvalue weighted by molar-refractivity contribution is 5.99. The summed E-state index contributed by atoms with van der Waals surface area (Å²) >= 11 is 0. The molecule has 39 heavy (non-hydrogen) atoms. The van der Waals surface area contributed by atoms with Gasteiger partial charge in [-0.2, -0.15) is 0 Å². The Morgan fingerprint density at radius 1 is 0.872 bits per heavy atom. The van der Waals surface area contributed by atoms with E-state index in [0.29, 0.717) is 19.3 Å². The van der Waals surface area contributed by atoms with E-state index in [1.165, 1.54) is 18.7 Å². The van der Waals surface area contributed by atoms with Crippen molar-refractivity contribution in [3.8, 4) is 0 Å². The molecule has 11 nitrogen and oxygen atoms in total. The first-order chi connectivity index (χ1) is 18.0. The van der Waals surface area contributed by atoms with Gasteiger partial charge in [-0.3, -0.25) is 24.0 Å². The number of amides is 4. The van der Waals surface area contributed by atoms with Gasteiger partial charge in [0.25, 0.3) is 0 Å². The Hall–Kier alpha value is -2.53. The smallest absolute Gasteiger partial charge is 0.245 e. The molecule has 0 aromatic carbocycles. The second kappa shape index (κ2) is 14.7. The maximum absolute atomic E-state index is 13.4. The summed E-state index contributed by atoms with van der Waals surface area (Å²) in [5.74, 6) is -2.73. The number of hydrogen-bond donors (Lipinski definition) is 4. The van der Waals surface area contributed by atoms with Crippen molar-refractivity contribution in [3.63, 3.8) is 0 Å². The SMILES string of the molecule is CCC(C)[C@H](NC(=O)[C@H](C(C)CC)N(C)C(C)=O)C(=O)N[C@H](C(=O)NC(CC(C)C)C(=O)C1(C)CO1)C(C)O. The molecule has 0 aliphatic carbocycles. The molecule has 1 heterocycles. The Balaban J connectivity index is 3.15. The van der Waals surface area contributed by atoms with Crippen LogP contribution in [0.1, 0.15) is 81.6 Å². The molecule has 0 spiro atoms. The fourth-order valence-electron chi connectivity index (χ4n) is 4.41. The van der Waals surface area contributed by atoms with Gasteiger partial charge >= 0.3 is 0 Å². The van der Waals surface area contributed by atoms with Gasteiger partial charge in [-0.25, -0.2) is 0 Å². The zero-order valence-corrected chi connectivity index (χ0v) is 25.3. The Labute approximate surface area is 233 Å². The number of nitrogens with zero attached hydrogens (tertiary/aromatic N) is 1. The Morgan fingerprint density at radius 2 is 1.36 bits per heavy atom. The van der Waals surface area contributed by atoms with Gasteiger partial charge in [0, 0.05) is 14.0 Å². The molecule has 1 aliphatic heterocycles. The average Bonchev–Trinajstić information content (AvgIpc) is 3.61. The average molecular weight is 555 g/mol. The van der Waals surface area contributed by atoms with E-state index < -0.39 is 53.6 Å². The zero-order chi connectivity index (χ0) is 30.2. The molecular weight excluding hydrogens is 504 g/mol. The van der Waals surface area contributed by atoms with Crippen LogP contribution in [0.15, 0.2) is 0 Å². The van der Waals surface area contributed by atoms with Crippen molar-refractivity contribution in [3.05, 3.63) is 0 Å². The van der Waals surface area contributed by atoms with Crippen LogP contribution < -0.4 is 16.0 Å². The third-order valence-corrected chi connectivity index (χ3v) is 7.66. The number of ketones is 1. The van der Waals surface area contributed by atoms with E-state index in [-0.39, 0.29) is 36.1 Å². The number of Topliss-reactive ketones (excluding diaryl/α,β-unsaturated/α-hetero) is 1. The lowest BCUT2D eigenvalue weighted by Crippen LogP contribution is -2.62. The molecule has 1 aliphatic rings. The minimum Gasteiger partial charge on any atom is -0.391 e. The van der Waals surface area contributed by atoms with Crippen molar-refractivity contribution in [1.29, 1.82) is 0 Å². The van der Waals surface area contributed by atoms with E-state index in [0.717, 1.165) is 0 Å². The number of aliphatic hydroxyl groups excluding tert-OH is 1. The normalized spacial score (nSPS) is 21.9. The number of nitrogens with one attached hydrogen (secondary N) is 3. The van der Waals surface area contributed by atoms with Crippen LogP contribution in [0.5, 0.6) is 0 Å². The number of hydrogen-bond acceptors (Lipinski definition) is 7. The predicted molar refractivity (Wildman–Crippen MR) is 147 cm³/mol. The number of ether oxygens (including phenoxy) is 1. The van der Waals surface area contributed by atoms with Gasteiger partial charge in [-0.05, 0) is 38.0 Å². The third kappa shape index (κ3) is 9.56. The molecule has 11 heteroatoms. The first kappa shape index (κ1) is 34.5. The van der Waals surface area contributed by atoms with E-state index in [1.54, 1.807) is 20.9 Å². The number of carbonyl (C=O) groups is 5. The maximum atomic E-state index is 13.4. The van der Waals surface area contributed by atoms with Crippen molar-refractivity contribution in [1.82, 2.24) is 20.9 Å². The quantitative estimate of drug-likeness (QED) is 0.209. The first-order valence-corrected chi connectivity index (χ1v) is 14.0. The molecule has 0 bridgehead atoms. The Kier molecular flexibility index (Phi) is 13.0. The van der Waals surface area contributed by atoms with E-state index >= 15 is 0 Å². The van der Waals surface area contributed by atoms with E-state index in [9.17, 15) is 29.1 Å². The second-order valence-corrected chi connectivity index (χ2v) is 11.6. The van der Waals surface area contributed by atoms with E-state index in [4.69, 9.17) is 4.74 Å². The lowest BCUT2D eigenvalue weighted by atomic mass is 9.92. The minimum absolute atomic E-state index is 0.0952. The molecule has 5 unspecified atom stereocenters. The number of carbonyl (C=O) groups excluding carboxylic acids is 5. The van der Waals surface area contributed by atoms with Crippen molar-refractivity contribution >= 4 is 29.4 Å². The summed E-state index contributed by atoms with van der Waals surface area (Å²) in [5.41, 5.74) is -0.943. The second-order valence-electron chi connectivity index (χ2n) is 11.6. The molecule has 8 atom stereocenters. The van der Waals surface area contributed by atoms with Crippen molar-refractivity contribution in [2.75, 3.05) is 13.7 Å². The molecule has 4 N–H and O–H groups in total. The highest BCUT2D eigenvalue weighted by Crippen LogP contribution is 2.29. The minimum atomic E-state index is -1.36. The molecule has 0 aromatic rings. The summed E-state index contributed by atoms with van der Waals surface area (Å²) in [4.78, 5) is 66.4. The molecule has 0 radical (unpaired) electrons. The van der Waals surface area contributed by atoms with Gasteiger partial charge in [-0.15, -0.1) is 0 Å². The Morgan fingerprint density at radius 3 is 1.77 bits per heavy atom. The molecule has 4 amide bonds. The first-order valence-electron chi connectivity index (χ1n) is 14.0. The number of likely N-dealkylation sites (N-methyl/N-ethyl adjacent to an activating group) is 1. The van der Waals surface area contributed by atoms with Gasteiger partial charge in [0.2, 0.25) is 23.6 Å². The summed E-state index contributed by atoms with van der Waals surface area (Å²) in [6.45, 7) is 16.0. The van der Waals surface area contributed by atoms with Crippen LogP contribution in [0.4, 0.5) is 0 Å². The van der Waals surface area contributed by atoms with Gasteiger partial charge in [-0.1, -0.05) is 54.4 Å². The standard InChI is InChI=1S/C28H50N4O7/c1-11-16(5)21(30-27(38)23(17(6)12-2)32(10)19(8)34)25(36)31-22(18(7)33)26(37)29-20(13-15(3)4)24(35)28(9)14-39-28/h15-18,20-23,33H,11-14H2,1-10H3,(H,29,37)(H,30,38)(H,31,36)/t16?,17?,18?,20?,21-,22-,23-,28?/m0/s1. The summed E-state index contributed by atoms with van der Waals surface area (Å²) in [7, 11) is 1.55. The van der Waals surface area contributed by atoms with Gasteiger partial charge < -0.3 is 30.7 Å². The van der Waals surface area contributed by atoms with Crippen molar-refractivity contribution in [2.45, 2.75) is 117 Å². The number of rotatable bonds is 16. The predicted octanol–water partition coefficient (Wildman–Crippen LogP) is 1.16. The van der Waals surface area contributed by atoms with Crippen molar-refractivity contribution < 1.29 is 33.8 Å². The molecular formula is C28H50N4O7. The summed E-state index contributed by atoms with van der Waals surface area (Å²) in [6.07, 6.45) is 0.280. The summed E-state index contributed by atoms with van der Waals surface area (Å²) in [5, 5.41) is 18.5. The largest absolute Gasteiger partial charge is 0.391 e. The van der Waals surface area contributed by atoms with E-state index in [1.807, 2.05) is 34.6 Å². The van der Waals surface area contributed by atoms with Gasteiger partial charge in [0.1, 0.15) is 23.7 Å². The van der Waals surface area contributed by atoms with Crippen LogP contribution in [0.2, 0.25) is 0 Å². The molecule has 224 valence electrons. The molecule has 1 fully saturated rings. The van der Waals surface area contributed by atoms with Crippen LogP contribution in [0, 0.1) is 17.8 Å². The lowest BCUT2D eigenvalue weighted by molar-refractivity contribution is -0.141. The topological polar surface area (TPSA) is 157 Å². The van der Waals surface area contributed by atoms with Crippen LogP contribution in [0.3, 0.4) is 0 Å². The third-order valence-electron chi connectivity index (χ3n) is 7.66. The fraction of sp³-hybridized carbons (Fsp3) is 0.821. The van der Waals surface area contributed by atoms with Crippen LogP contribution in [0.25, 0.3) is 0 Å². The number of aliphatic hydroxyl groups is 1. The van der Waals surface area contributed by atoms with Crippen LogP contribution in [-0.2, 0) is 28.7 Å². The van der Waals surface area contributed by atoms with Crippen LogP contribution >= 0.6 is 0 Å². The maximum Gasteiger partial charge on any atom is 0.245 e.